The van der Waals surface area contributed by atoms with Crippen LogP contribution >= 0.6 is 34.8 Å². The molecule has 14 heavy (non-hydrogen) atoms. The summed E-state index contributed by atoms with van der Waals surface area (Å²) in [5.41, 5.74) is 0. The average molecular weight is 264 g/mol. The van der Waals surface area contributed by atoms with Gasteiger partial charge in [-0.25, -0.2) is 0 Å². The van der Waals surface area contributed by atoms with Crippen LogP contribution in [0.2, 0.25) is 0 Å². The minimum absolute atomic E-state index is 0.0363. The highest BCUT2D eigenvalue weighted by molar-refractivity contribution is 6.33. The van der Waals surface area contributed by atoms with Crippen molar-refractivity contribution in [3.05, 3.63) is 0 Å². The molecular formula is C10H21Cl3O. The van der Waals surface area contributed by atoms with E-state index in [1.807, 2.05) is 13.8 Å². The van der Waals surface area contributed by atoms with Crippen molar-refractivity contribution in [3.8, 4) is 0 Å². The number of hydrogen-bond acceptors (Lipinski definition) is 1. The molecule has 0 saturated carbocycles. The molecule has 0 N–H and O–H groups in total. The van der Waals surface area contributed by atoms with Crippen LogP contribution in [0.4, 0.5) is 0 Å². The largest absolute Gasteiger partial charge is 0.382 e. The fourth-order valence-corrected chi connectivity index (χ4v) is 1.50. The lowest BCUT2D eigenvalue weighted by Crippen LogP contribution is -2.15. The maximum absolute atomic E-state index is 5.82. The van der Waals surface area contributed by atoms with Gasteiger partial charge in [-0.05, 0) is 20.3 Å². The van der Waals surface area contributed by atoms with E-state index in [0.29, 0.717) is 5.88 Å². The summed E-state index contributed by atoms with van der Waals surface area (Å²) in [6.45, 7) is 7.74. The average Bonchev–Trinajstić information content (AvgIpc) is 2.19. The van der Waals surface area contributed by atoms with Gasteiger partial charge in [-0.2, -0.15) is 0 Å². The van der Waals surface area contributed by atoms with Crippen molar-refractivity contribution >= 4 is 34.8 Å². The summed E-state index contributed by atoms with van der Waals surface area (Å²) in [6.07, 6.45) is 2.01. The second-order valence-corrected chi connectivity index (χ2v) is 4.19. The monoisotopic (exact) mass is 262 g/mol. The van der Waals surface area contributed by atoms with Crippen LogP contribution in [-0.4, -0.2) is 29.8 Å². The summed E-state index contributed by atoms with van der Waals surface area (Å²) in [5.74, 6) is 0.440. The van der Waals surface area contributed by atoms with Crippen LogP contribution in [0.5, 0.6) is 0 Å². The van der Waals surface area contributed by atoms with Crippen molar-refractivity contribution in [2.45, 2.75) is 44.4 Å². The molecule has 2 unspecified atom stereocenters. The summed E-state index contributed by atoms with van der Waals surface area (Å²) in [5, 5.41) is -0.0394. The molecule has 0 bridgehead atoms. The van der Waals surface area contributed by atoms with Crippen LogP contribution in [0.3, 0.4) is 0 Å². The van der Waals surface area contributed by atoms with E-state index in [2.05, 4.69) is 6.92 Å². The lowest BCUT2D eigenvalue weighted by Gasteiger charge is -2.10. The molecule has 0 heterocycles. The summed E-state index contributed by atoms with van der Waals surface area (Å²) in [7, 11) is 0. The minimum Gasteiger partial charge on any atom is -0.382 e. The van der Waals surface area contributed by atoms with Gasteiger partial charge in [0.05, 0.1) is 10.8 Å². The van der Waals surface area contributed by atoms with Crippen molar-refractivity contribution in [1.82, 2.24) is 0 Å². The van der Waals surface area contributed by atoms with E-state index in [0.717, 1.165) is 26.1 Å². The first-order valence-electron chi connectivity index (χ1n) is 5.05. The number of hydrogen-bond donors (Lipinski definition) is 0. The van der Waals surface area contributed by atoms with Gasteiger partial charge in [0.15, 0.2) is 0 Å². The number of halogens is 3. The molecule has 4 heteroatoms. The standard InChI is InChI=1S/C6H11Cl3.C4H10O/c1-2-3-5(8)6(9)4-7;1-3-5-4-2/h5-6H,2-4H2,1H3;3-4H2,1-2H3. The molecule has 0 spiro atoms. The third-order valence-corrected chi connectivity index (χ3v) is 3.11. The number of rotatable bonds is 6. The molecule has 0 amide bonds. The van der Waals surface area contributed by atoms with Crippen LogP contribution in [0, 0.1) is 0 Å². The molecule has 0 aromatic rings. The van der Waals surface area contributed by atoms with Gasteiger partial charge in [0, 0.05) is 19.1 Å². The highest BCUT2D eigenvalue weighted by Gasteiger charge is 2.13. The van der Waals surface area contributed by atoms with Crippen LogP contribution in [0.15, 0.2) is 0 Å². The van der Waals surface area contributed by atoms with Crippen molar-refractivity contribution in [2.75, 3.05) is 19.1 Å². The first-order chi connectivity index (χ1) is 6.63. The van der Waals surface area contributed by atoms with Gasteiger partial charge in [-0.1, -0.05) is 13.3 Å². The van der Waals surface area contributed by atoms with Gasteiger partial charge in [0.2, 0.25) is 0 Å². The first-order valence-corrected chi connectivity index (χ1v) is 6.46. The van der Waals surface area contributed by atoms with E-state index >= 15 is 0 Å². The Balaban J connectivity index is 0. The second kappa shape index (κ2) is 13.8. The molecule has 0 saturated heterocycles. The highest BCUT2D eigenvalue weighted by Crippen LogP contribution is 2.16. The zero-order valence-corrected chi connectivity index (χ0v) is 11.5. The fraction of sp³-hybridized carbons (Fsp3) is 1.00. The number of alkyl halides is 3. The molecular weight excluding hydrogens is 242 g/mol. The Kier molecular flexibility index (Phi) is 17.0. The van der Waals surface area contributed by atoms with Crippen LogP contribution in [0.25, 0.3) is 0 Å². The molecule has 0 fully saturated rings. The van der Waals surface area contributed by atoms with Gasteiger partial charge in [-0.3, -0.25) is 0 Å². The molecule has 88 valence electrons. The fourth-order valence-electron chi connectivity index (χ4n) is 0.757. The molecule has 0 rings (SSSR count). The topological polar surface area (TPSA) is 9.23 Å². The SMILES string of the molecule is CCCC(Cl)C(Cl)CCl.CCOCC. The zero-order chi connectivity index (χ0) is 11.4. The Hall–Kier alpha value is 0.830. The predicted octanol–water partition coefficient (Wildman–Crippen LogP) is 4.28. The zero-order valence-electron chi connectivity index (χ0n) is 9.23. The molecule has 2 atom stereocenters. The Morgan fingerprint density at radius 1 is 1.00 bits per heavy atom. The molecule has 0 aromatic carbocycles. The molecule has 1 nitrogen and oxygen atoms in total. The summed E-state index contributed by atoms with van der Waals surface area (Å²) >= 11 is 17.0. The molecule has 0 aromatic heterocycles. The van der Waals surface area contributed by atoms with E-state index in [9.17, 15) is 0 Å². The Morgan fingerprint density at radius 2 is 1.50 bits per heavy atom. The van der Waals surface area contributed by atoms with E-state index in [1.54, 1.807) is 0 Å². The van der Waals surface area contributed by atoms with E-state index in [1.165, 1.54) is 0 Å². The van der Waals surface area contributed by atoms with Crippen LogP contribution in [-0.2, 0) is 4.74 Å². The highest BCUT2D eigenvalue weighted by atomic mass is 35.5. The predicted molar refractivity (Wildman–Crippen MR) is 67.1 cm³/mol. The molecule has 0 aliphatic rings. The van der Waals surface area contributed by atoms with Gasteiger partial charge in [-0.15, -0.1) is 34.8 Å². The summed E-state index contributed by atoms with van der Waals surface area (Å²) < 4.78 is 4.83. The lowest BCUT2D eigenvalue weighted by molar-refractivity contribution is 0.162. The lowest BCUT2D eigenvalue weighted by atomic mass is 10.2. The van der Waals surface area contributed by atoms with Gasteiger partial charge in [0.25, 0.3) is 0 Å². The first kappa shape index (κ1) is 17.2. The third kappa shape index (κ3) is 12.8. The second-order valence-electron chi connectivity index (χ2n) is 2.76. The van der Waals surface area contributed by atoms with E-state index < -0.39 is 0 Å². The van der Waals surface area contributed by atoms with Crippen molar-refractivity contribution in [1.29, 1.82) is 0 Å². The van der Waals surface area contributed by atoms with Crippen LogP contribution < -0.4 is 0 Å². The molecule has 0 aliphatic carbocycles. The minimum atomic E-state index is -0.0757. The normalized spacial score (nSPS) is 14.1. The number of ether oxygens (including phenoxy) is 1. The Bertz CT molecular complexity index is 99.4. The van der Waals surface area contributed by atoms with E-state index in [-0.39, 0.29) is 10.8 Å². The van der Waals surface area contributed by atoms with Crippen LogP contribution in [0.1, 0.15) is 33.6 Å². The summed E-state index contributed by atoms with van der Waals surface area (Å²) in [4.78, 5) is 0. The maximum atomic E-state index is 5.82. The quantitative estimate of drug-likeness (QED) is 0.650. The Labute approximate surface area is 103 Å². The third-order valence-electron chi connectivity index (χ3n) is 1.51. The van der Waals surface area contributed by atoms with Gasteiger partial charge >= 0.3 is 0 Å². The van der Waals surface area contributed by atoms with Crippen molar-refractivity contribution in [2.24, 2.45) is 0 Å². The smallest absolute Gasteiger partial charge is 0.0634 e. The summed E-state index contributed by atoms with van der Waals surface area (Å²) in [6, 6.07) is 0. The molecule has 0 radical (unpaired) electrons. The Morgan fingerprint density at radius 3 is 1.71 bits per heavy atom. The van der Waals surface area contributed by atoms with Crippen molar-refractivity contribution in [3.63, 3.8) is 0 Å². The van der Waals surface area contributed by atoms with Gasteiger partial charge in [0.1, 0.15) is 0 Å². The van der Waals surface area contributed by atoms with Crippen molar-refractivity contribution < 1.29 is 4.74 Å². The molecule has 0 aliphatic heterocycles. The maximum Gasteiger partial charge on any atom is 0.0634 e. The van der Waals surface area contributed by atoms with E-state index in [4.69, 9.17) is 39.5 Å². The van der Waals surface area contributed by atoms with Gasteiger partial charge < -0.3 is 4.74 Å².